The largest absolute Gasteiger partial charge is 0.370 e. The first kappa shape index (κ1) is 20.2. The Labute approximate surface area is 133 Å². The summed E-state index contributed by atoms with van der Waals surface area (Å²) in [5, 5.41) is 2.72. The Balaban J connectivity index is 4.16. The second-order valence-corrected chi connectivity index (χ2v) is 5.66. The second-order valence-electron chi connectivity index (χ2n) is 5.66. The third kappa shape index (κ3) is 10.0. The van der Waals surface area contributed by atoms with Crippen molar-refractivity contribution in [2.75, 3.05) is 6.54 Å². The monoisotopic (exact) mass is 313 g/mol. The van der Waals surface area contributed by atoms with Crippen LogP contribution in [0.15, 0.2) is 4.99 Å². The normalized spacial score (nSPS) is 13.2. The van der Waals surface area contributed by atoms with Gasteiger partial charge in [-0.1, -0.05) is 39.5 Å². The molecule has 0 aromatic carbocycles. The van der Waals surface area contributed by atoms with Crippen LogP contribution in [0.25, 0.3) is 0 Å². The number of unbranched alkanes of at least 4 members (excludes halogenated alkanes) is 3. The van der Waals surface area contributed by atoms with Gasteiger partial charge in [-0.2, -0.15) is 0 Å². The smallest absolute Gasteiger partial charge is 0.240 e. The Kier molecular flexibility index (Phi) is 10.9. The number of hydrogen-bond acceptors (Lipinski definition) is 3. The molecule has 2 unspecified atom stereocenters. The number of amides is 2. The molecule has 7 nitrogen and oxygen atoms in total. The lowest BCUT2D eigenvalue weighted by atomic mass is 10.0. The fourth-order valence-electron chi connectivity index (χ4n) is 2.11. The molecular formula is C15H31N5O2. The van der Waals surface area contributed by atoms with E-state index >= 15 is 0 Å². The maximum Gasteiger partial charge on any atom is 0.240 e. The average molecular weight is 313 g/mol. The standard InChI is InChI=1S/C15H31N5O2/c1-3-4-5-6-8-11(2)14(22)20-12(13(16)21)9-7-10-19-15(17)18/h11-12H,3-10H2,1-2H3,(H2,16,21)(H,20,22)(H4,17,18,19). The lowest BCUT2D eigenvalue weighted by molar-refractivity contribution is -0.129. The zero-order valence-corrected chi connectivity index (χ0v) is 13.8. The highest BCUT2D eigenvalue weighted by Gasteiger charge is 2.20. The second kappa shape index (κ2) is 11.8. The average Bonchev–Trinajstić information content (AvgIpc) is 2.45. The van der Waals surface area contributed by atoms with E-state index in [-0.39, 0.29) is 17.8 Å². The Hall–Kier alpha value is -1.79. The first-order valence-corrected chi connectivity index (χ1v) is 8.03. The Morgan fingerprint density at radius 1 is 1.05 bits per heavy atom. The maximum absolute atomic E-state index is 12.1. The maximum atomic E-state index is 12.1. The molecule has 0 radical (unpaired) electrons. The molecule has 0 bridgehead atoms. The molecule has 0 aliphatic rings. The van der Waals surface area contributed by atoms with Crippen molar-refractivity contribution in [3.63, 3.8) is 0 Å². The fourth-order valence-corrected chi connectivity index (χ4v) is 2.11. The van der Waals surface area contributed by atoms with E-state index < -0.39 is 11.9 Å². The molecule has 7 N–H and O–H groups in total. The number of hydrogen-bond donors (Lipinski definition) is 4. The fraction of sp³-hybridized carbons (Fsp3) is 0.800. The molecule has 0 heterocycles. The molecule has 7 heteroatoms. The van der Waals surface area contributed by atoms with E-state index in [1.165, 1.54) is 12.8 Å². The summed E-state index contributed by atoms with van der Waals surface area (Å²) in [6.07, 6.45) is 6.34. The van der Waals surface area contributed by atoms with Gasteiger partial charge in [0, 0.05) is 12.5 Å². The molecule has 0 fully saturated rings. The predicted molar refractivity (Wildman–Crippen MR) is 89.0 cm³/mol. The van der Waals surface area contributed by atoms with Gasteiger partial charge >= 0.3 is 0 Å². The first-order chi connectivity index (χ1) is 10.4. The number of guanidine groups is 1. The van der Waals surface area contributed by atoms with Crippen LogP contribution in [0.4, 0.5) is 0 Å². The Bertz CT molecular complexity index is 367. The van der Waals surface area contributed by atoms with Gasteiger partial charge in [-0.05, 0) is 19.3 Å². The summed E-state index contributed by atoms with van der Waals surface area (Å²) in [6, 6.07) is -0.667. The zero-order chi connectivity index (χ0) is 17.0. The van der Waals surface area contributed by atoms with Crippen LogP contribution in [0.3, 0.4) is 0 Å². The Morgan fingerprint density at radius 2 is 1.73 bits per heavy atom. The number of carbonyl (C=O) groups excluding carboxylic acids is 2. The minimum absolute atomic E-state index is 0.0142. The highest BCUT2D eigenvalue weighted by molar-refractivity contribution is 5.87. The van der Waals surface area contributed by atoms with Gasteiger partial charge in [0.05, 0.1) is 0 Å². The number of rotatable bonds is 12. The van der Waals surface area contributed by atoms with Crippen molar-refractivity contribution in [1.29, 1.82) is 0 Å². The van der Waals surface area contributed by atoms with Crippen LogP contribution in [-0.2, 0) is 9.59 Å². The predicted octanol–water partition coefficient (Wildman–Crippen LogP) is 0.617. The number of aliphatic imine (C=N–C) groups is 1. The SMILES string of the molecule is CCCCCCC(C)C(=O)NC(CCCN=C(N)N)C(N)=O. The topological polar surface area (TPSA) is 137 Å². The molecule has 2 amide bonds. The summed E-state index contributed by atoms with van der Waals surface area (Å²) >= 11 is 0. The van der Waals surface area contributed by atoms with Crippen molar-refractivity contribution in [2.24, 2.45) is 28.1 Å². The molecule has 0 saturated carbocycles. The third-order valence-electron chi connectivity index (χ3n) is 3.54. The van der Waals surface area contributed by atoms with E-state index in [1.807, 2.05) is 6.92 Å². The quantitative estimate of drug-likeness (QED) is 0.238. The molecule has 0 spiro atoms. The number of nitrogens with one attached hydrogen (secondary N) is 1. The summed E-state index contributed by atoms with van der Waals surface area (Å²) in [6.45, 7) is 4.43. The third-order valence-corrected chi connectivity index (χ3v) is 3.54. The van der Waals surface area contributed by atoms with Crippen molar-refractivity contribution in [3.05, 3.63) is 0 Å². The van der Waals surface area contributed by atoms with Crippen LogP contribution >= 0.6 is 0 Å². The van der Waals surface area contributed by atoms with Crippen molar-refractivity contribution in [2.45, 2.75) is 64.8 Å². The number of nitrogens with zero attached hydrogens (tertiary/aromatic N) is 1. The first-order valence-electron chi connectivity index (χ1n) is 8.03. The number of primary amides is 1. The van der Waals surface area contributed by atoms with Gasteiger partial charge in [-0.3, -0.25) is 14.6 Å². The highest BCUT2D eigenvalue weighted by atomic mass is 16.2. The van der Waals surface area contributed by atoms with E-state index in [0.717, 1.165) is 19.3 Å². The van der Waals surface area contributed by atoms with Gasteiger partial charge in [0.25, 0.3) is 0 Å². The van der Waals surface area contributed by atoms with Crippen molar-refractivity contribution < 1.29 is 9.59 Å². The number of nitrogens with two attached hydrogens (primary N) is 3. The minimum Gasteiger partial charge on any atom is -0.370 e. The van der Waals surface area contributed by atoms with Gasteiger partial charge in [0.15, 0.2) is 5.96 Å². The molecule has 2 atom stereocenters. The molecule has 0 aliphatic carbocycles. The van der Waals surface area contributed by atoms with Gasteiger partial charge < -0.3 is 22.5 Å². The molecule has 22 heavy (non-hydrogen) atoms. The summed E-state index contributed by atoms with van der Waals surface area (Å²) < 4.78 is 0. The van der Waals surface area contributed by atoms with Crippen LogP contribution in [0.2, 0.25) is 0 Å². The van der Waals surface area contributed by atoms with E-state index in [4.69, 9.17) is 17.2 Å². The van der Waals surface area contributed by atoms with Crippen molar-refractivity contribution >= 4 is 17.8 Å². The lowest BCUT2D eigenvalue weighted by Gasteiger charge is -2.18. The van der Waals surface area contributed by atoms with E-state index in [1.54, 1.807) is 0 Å². The van der Waals surface area contributed by atoms with Crippen LogP contribution in [0, 0.1) is 5.92 Å². The summed E-state index contributed by atoms with van der Waals surface area (Å²) in [4.78, 5) is 27.3. The lowest BCUT2D eigenvalue weighted by Crippen LogP contribution is -2.46. The molecule has 0 rings (SSSR count). The molecule has 0 saturated heterocycles. The van der Waals surface area contributed by atoms with Gasteiger partial charge in [-0.25, -0.2) is 0 Å². The van der Waals surface area contributed by atoms with Crippen LogP contribution in [0.5, 0.6) is 0 Å². The van der Waals surface area contributed by atoms with E-state index in [0.29, 0.717) is 19.4 Å². The number of carbonyl (C=O) groups is 2. The molecule has 0 aliphatic heterocycles. The summed E-state index contributed by atoms with van der Waals surface area (Å²) in [5.74, 6) is -0.754. The van der Waals surface area contributed by atoms with Crippen LogP contribution in [0.1, 0.15) is 58.8 Å². The summed E-state index contributed by atoms with van der Waals surface area (Å²) in [5.41, 5.74) is 15.8. The molecule has 0 aromatic rings. The van der Waals surface area contributed by atoms with Crippen molar-refractivity contribution in [1.82, 2.24) is 5.32 Å². The summed E-state index contributed by atoms with van der Waals surface area (Å²) in [7, 11) is 0. The highest BCUT2D eigenvalue weighted by Crippen LogP contribution is 2.11. The van der Waals surface area contributed by atoms with Gasteiger partial charge in [0.2, 0.25) is 11.8 Å². The van der Waals surface area contributed by atoms with E-state index in [2.05, 4.69) is 17.2 Å². The Morgan fingerprint density at radius 3 is 2.27 bits per heavy atom. The van der Waals surface area contributed by atoms with Crippen molar-refractivity contribution in [3.8, 4) is 0 Å². The van der Waals surface area contributed by atoms with Gasteiger partial charge in [-0.15, -0.1) is 0 Å². The molecular weight excluding hydrogens is 282 g/mol. The minimum atomic E-state index is -0.667. The molecule has 0 aromatic heterocycles. The molecule has 128 valence electrons. The van der Waals surface area contributed by atoms with Crippen LogP contribution in [-0.4, -0.2) is 30.4 Å². The van der Waals surface area contributed by atoms with Crippen LogP contribution < -0.4 is 22.5 Å². The zero-order valence-electron chi connectivity index (χ0n) is 13.8. The van der Waals surface area contributed by atoms with Gasteiger partial charge in [0.1, 0.15) is 6.04 Å². The van der Waals surface area contributed by atoms with E-state index in [9.17, 15) is 9.59 Å².